The molecule has 0 spiro atoms. The Hall–Kier alpha value is -3.93. The van der Waals surface area contributed by atoms with Gasteiger partial charge in [-0.2, -0.15) is 0 Å². The number of hydrogen-bond donors (Lipinski definition) is 1. The van der Waals surface area contributed by atoms with Gasteiger partial charge < -0.3 is 14.7 Å². The van der Waals surface area contributed by atoms with Gasteiger partial charge in [0.1, 0.15) is 23.4 Å². The summed E-state index contributed by atoms with van der Waals surface area (Å²) >= 11 is 0. The molecule has 5 rings (SSSR count). The smallest absolute Gasteiger partial charge is 0.338 e. The summed E-state index contributed by atoms with van der Waals surface area (Å²) in [4.78, 5) is 13.2. The van der Waals surface area contributed by atoms with Crippen molar-refractivity contribution in [1.29, 1.82) is 0 Å². The number of carboxylic acid groups (broad SMARTS) is 1. The SMILES string of the molecule is C[C@@H](CCCC1CN(c2ccc(F)c(C(=O)O)c2)c2c(F)cccc2O1)c1cccc2ccccc12. The topological polar surface area (TPSA) is 49.8 Å². The van der Waals surface area contributed by atoms with Gasteiger partial charge in [0.2, 0.25) is 0 Å². The molecule has 0 fully saturated rings. The maximum absolute atomic E-state index is 14.8. The minimum absolute atomic E-state index is 0.225. The van der Waals surface area contributed by atoms with Crippen molar-refractivity contribution in [1.82, 2.24) is 0 Å². The van der Waals surface area contributed by atoms with Crippen LogP contribution in [0.25, 0.3) is 10.8 Å². The lowest BCUT2D eigenvalue weighted by Gasteiger charge is -2.37. The molecule has 1 aliphatic rings. The lowest BCUT2D eigenvalue weighted by atomic mass is 9.90. The highest BCUT2D eigenvalue weighted by Crippen LogP contribution is 2.41. The Kier molecular flexibility index (Phi) is 6.59. The summed E-state index contributed by atoms with van der Waals surface area (Å²) in [6, 6.07) is 23.2. The molecule has 1 aliphatic heterocycles. The van der Waals surface area contributed by atoms with Crippen LogP contribution in [0.2, 0.25) is 0 Å². The number of aromatic carboxylic acids is 1. The monoisotopic (exact) mass is 487 g/mol. The molecule has 0 amide bonds. The number of carbonyl (C=O) groups is 1. The van der Waals surface area contributed by atoms with Gasteiger partial charge >= 0.3 is 5.97 Å². The van der Waals surface area contributed by atoms with E-state index in [1.54, 1.807) is 17.0 Å². The number of anilines is 2. The highest BCUT2D eigenvalue weighted by atomic mass is 19.1. The van der Waals surface area contributed by atoms with Gasteiger partial charge in [-0.1, -0.05) is 55.5 Å². The molecule has 0 aliphatic carbocycles. The molecule has 184 valence electrons. The first kappa shape index (κ1) is 23.8. The predicted molar refractivity (Wildman–Crippen MR) is 137 cm³/mol. The van der Waals surface area contributed by atoms with Crippen molar-refractivity contribution in [3.63, 3.8) is 0 Å². The molecule has 6 heteroatoms. The van der Waals surface area contributed by atoms with Crippen LogP contribution in [0.1, 0.15) is 48.0 Å². The summed E-state index contributed by atoms with van der Waals surface area (Å²) in [5.74, 6) is -1.91. The molecule has 2 atom stereocenters. The zero-order valence-corrected chi connectivity index (χ0v) is 20.0. The lowest BCUT2D eigenvalue weighted by Crippen LogP contribution is -2.38. The van der Waals surface area contributed by atoms with Crippen LogP contribution in [0.15, 0.2) is 78.9 Å². The zero-order chi connectivity index (χ0) is 25.2. The van der Waals surface area contributed by atoms with Crippen LogP contribution in [0.5, 0.6) is 5.75 Å². The number of benzene rings is 4. The second kappa shape index (κ2) is 9.97. The van der Waals surface area contributed by atoms with E-state index in [0.29, 0.717) is 23.9 Å². The quantitative estimate of drug-likeness (QED) is 0.290. The molecular formula is C30H27F2NO3. The minimum atomic E-state index is -1.37. The summed E-state index contributed by atoms with van der Waals surface area (Å²) in [5, 5.41) is 11.9. The van der Waals surface area contributed by atoms with Gasteiger partial charge in [0, 0.05) is 5.69 Å². The highest BCUT2D eigenvalue weighted by Gasteiger charge is 2.30. The maximum Gasteiger partial charge on any atom is 0.338 e. The maximum atomic E-state index is 14.8. The predicted octanol–water partition coefficient (Wildman–Crippen LogP) is 7.69. The largest absolute Gasteiger partial charge is 0.486 e. The fraction of sp³-hybridized carbons (Fsp3) is 0.233. The second-order valence-electron chi connectivity index (χ2n) is 9.31. The van der Waals surface area contributed by atoms with E-state index < -0.39 is 23.2 Å². The average Bonchev–Trinajstić information content (AvgIpc) is 2.88. The number of ether oxygens (including phenoxy) is 1. The summed E-state index contributed by atoms with van der Waals surface area (Å²) < 4.78 is 35.0. The highest BCUT2D eigenvalue weighted by molar-refractivity contribution is 5.90. The number of halogens is 2. The fourth-order valence-electron chi connectivity index (χ4n) is 5.08. The minimum Gasteiger partial charge on any atom is -0.486 e. The lowest BCUT2D eigenvalue weighted by molar-refractivity contribution is 0.0692. The van der Waals surface area contributed by atoms with Crippen LogP contribution in [0.4, 0.5) is 20.2 Å². The first-order chi connectivity index (χ1) is 17.4. The van der Waals surface area contributed by atoms with E-state index in [4.69, 9.17) is 4.74 Å². The zero-order valence-electron chi connectivity index (χ0n) is 20.0. The molecule has 1 unspecified atom stereocenters. The Bertz CT molecular complexity index is 1420. The van der Waals surface area contributed by atoms with Crippen LogP contribution in [0.3, 0.4) is 0 Å². The third-order valence-corrected chi connectivity index (χ3v) is 6.91. The van der Waals surface area contributed by atoms with Crippen molar-refractivity contribution in [2.45, 2.75) is 38.2 Å². The van der Waals surface area contributed by atoms with Gasteiger partial charge in [0.15, 0.2) is 5.82 Å². The third kappa shape index (κ3) is 4.63. The normalized spacial score (nSPS) is 15.9. The molecule has 0 bridgehead atoms. The molecule has 4 nitrogen and oxygen atoms in total. The van der Waals surface area contributed by atoms with E-state index in [0.717, 1.165) is 25.3 Å². The number of rotatable bonds is 7. The van der Waals surface area contributed by atoms with Gasteiger partial charge in [-0.25, -0.2) is 13.6 Å². The van der Waals surface area contributed by atoms with E-state index in [1.807, 2.05) is 6.07 Å². The van der Waals surface area contributed by atoms with Gasteiger partial charge in [-0.3, -0.25) is 0 Å². The summed E-state index contributed by atoms with van der Waals surface area (Å²) in [5.41, 5.74) is 1.52. The molecule has 1 heterocycles. The standard InChI is InChI=1S/C30H27F2NO3/c1-19(23-12-5-9-20-8-2-3-11-24(20)23)7-4-10-22-18-33(29-27(32)13-6-14-28(29)36-22)21-15-16-26(31)25(17-21)30(34)35/h2-3,5-6,8-9,11-17,19,22H,4,7,10,18H2,1H3,(H,34,35)/t19-,22?/m0/s1. The molecule has 4 aromatic rings. The van der Waals surface area contributed by atoms with Crippen LogP contribution in [-0.2, 0) is 0 Å². The van der Waals surface area contributed by atoms with E-state index in [2.05, 4.69) is 43.3 Å². The average molecular weight is 488 g/mol. The first-order valence-corrected chi connectivity index (χ1v) is 12.2. The number of hydrogen-bond acceptors (Lipinski definition) is 3. The number of carboxylic acids is 1. The summed E-state index contributed by atoms with van der Waals surface area (Å²) in [6.45, 7) is 2.56. The van der Waals surface area contributed by atoms with Gasteiger partial charge in [0.25, 0.3) is 0 Å². The molecule has 0 aromatic heterocycles. The van der Waals surface area contributed by atoms with Crippen molar-refractivity contribution in [3.8, 4) is 5.75 Å². The summed E-state index contributed by atoms with van der Waals surface area (Å²) in [7, 11) is 0. The molecular weight excluding hydrogens is 460 g/mol. The Labute approximate surface area is 208 Å². The molecule has 0 saturated carbocycles. The van der Waals surface area contributed by atoms with E-state index in [1.165, 1.54) is 34.5 Å². The molecule has 1 N–H and O–H groups in total. The molecule has 0 saturated heterocycles. The van der Waals surface area contributed by atoms with Crippen molar-refractivity contribution in [2.24, 2.45) is 0 Å². The number of para-hydroxylation sites is 1. The Balaban J connectivity index is 1.34. The Morgan fingerprint density at radius 2 is 1.81 bits per heavy atom. The van der Waals surface area contributed by atoms with Crippen molar-refractivity contribution >= 4 is 28.1 Å². The third-order valence-electron chi connectivity index (χ3n) is 6.91. The van der Waals surface area contributed by atoms with Crippen molar-refractivity contribution in [2.75, 3.05) is 11.4 Å². The fourth-order valence-corrected chi connectivity index (χ4v) is 5.08. The van der Waals surface area contributed by atoms with Crippen LogP contribution in [0, 0.1) is 11.6 Å². The van der Waals surface area contributed by atoms with Crippen LogP contribution in [-0.4, -0.2) is 23.7 Å². The van der Waals surface area contributed by atoms with Gasteiger partial charge in [0.05, 0.1) is 12.1 Å². The van der Waals surface area contributed by atoms with Crippen molar-refractivity contribution in [3.05, 3.63) is 102 Å². The van der Waals surface area contributed by atoms with Crippen LogP contribution >= 0.6 is 0 Å². The molecule has 36 heavy (non-hydrogen) atoms. The van der Waals surface area contributed by atoms with Crippen molar-refractivity contribution < 1.29 is 23.4 Å². The van der Waals surface area contributed by atoms with E-state index >= 15 is 0 Å². The molecule has 4 aromatic carbocycles. The van der Waals surface area contributed by atoms with Gasteiger partial charge in [-0.05, 0) is 71.8 Å². The Morgan fingerprint density at radius 1 is 1.03 bits per heavy atom. The molecule has 0 radical (unpaired) electrons. The second-order valence-corrected chi connectivity index (χ2v) is 9.31. The van der Waals surface area contributed by atoms with Gasteiger partial charge in [-0.15, -0.1) is 0 Å². The number of nitrogens with zero attached hydrogens (tertiary/aromatic N) is 1. The van der Waals surface area contributed by atoms with E-state index in [9.17, 15) is 18.7 Å². The van der Waals surface area contributed by atoms with Crippen LogP contribution < -0.4 is 9.64 Å². The summed E-state index contributed by atoms with van der Waals surface area (Å²) in [6.07, 6.45) is 2.38. The first-order valence-electron chi connectivity index (χ1n) is 12.2. The Morgan fingerprint density at radius 3 is 2.64 bits per heavy atom. The number of fused-ring (bicyclic) bond motifs is 2. The van der Waals surface area contributed by atoms with E-state index in [-0.39, 0.29) is 11.8 Å².